The molecule has 4 nitrogen and oxygen atoms in total. The summed E-state index contributed by atoms with van der Waals surface area (Å²) >= 11 is 0. The lowest BCUT2D eigenvalue weighted by Crippen LogP contribution is -2.10. The van der Waals surface area contributed by atoms with E-state index in [0.29, 0.717) is 13.2 Å². The van der Waals surface area contributed by atoms with Gasteiger partial charge in [0, 0.05) is 6.54 Å². The van der Waals surface area contributed by atoms with Crippen LogP contribution in [0.5, 0.6) is 11.5 Å². The summed E-state index contributed by atoms with van der Waals surface area (Å²) in [7, 11) is 0. The van der Waals surface area contributed by atoms with Crippen LogP contribution in [0.25, 0.3) is 11.0 Å². The molecule has 0 spiro atoms. The SMILES string of the molecule is Cc1ccc(OCCCn2c(COc3ccccc3)nc3ccccc32)cc1. The first-order valence-electron chi connectivity index (χ1n) is 9.61. The quantitative estimate of drug-likeness (QED) is 0.389. The highest BCUT2D eigenvalue weighted by Gasteiger charge is 2.11. The molecule has 3 aromatic carbocycles. The van der Waals surface area contributed by atoms with Crippen LogP contribution >= 0.6 is 0 Å². The highest BCUT2D eigenvalue weighted by atomic mass is 16.5. The highest BCUT2D eigenvalue weighted by molar-refractivity contribution is 5.75. The number of hydrogen-bond donors (Lipinski definition) is 0. The summed E-state index contributed by atoms with van der Waals surface area (Å²) in [6.07, 6.45) is 0.895. The van der Waals surface area contributed by atoms with Gasteiger partial charge in [0.1, 0.15) is 23.9 Å². The molecule has 28 heavy (non-hydrogen) atoms. The molecule has 0 aliphatic carbocycles. The molecule has 4 rings (SSSR count). The standard InChI is InChI=1S/C24H24N2O2/c1-19-12-14-21(15-13-19)27-17-7-16-26-23-11-6-5-10-22(23)25-24(26)18-28-20-8-3-2-4-9-20/h2-6,8-15H,7,16-18H2,1H3. The molecule has 0 atom stereocenters. The summed E-state index contributed by atoms with van der Waals surface area (Å²) in [5.41, 5.74) is 3.36. The summed E-state index contributed by atoms with van der Waals surface area (Å²) in [4.78, 5) is 4.77. The average molecular weight is 372 g/mol. The predicted octanol–water partition coefficient (Wildman–Crippen LogP) is 5.39. The Morgan fingerprint density at radius 1 is 0.786 bits per heavy atom. The summed E-state index contributed by atoms with van der Waals surface area (Å²) in [6, 6.07) is 26.2. The van der Waals surface area contributed by atoms with Crippen molar-refractivity contribution in [3.8, 4) is 11.5 Å². The van der Waals surface area contributed by atoms with Crippen molar-refractivity contribution in [3.05, 3.63) is 90.3 Å². The zero-order chi connectivity index (χ0) is 19.2. The molecule has 4 heteroatoms. The van der Waals surface area contributed by atoms with Crippen LogP contribution in [0.2, 0.25) is 0 Å². The minimum Gasteiger partial charge on any atom is -0.494 e. The molecule has 0 aliphatic heterocycles. The highest BCUT2D eigenvalue weighted by Crippen LogP contribution is 2.19. The number of imidazole rings is 1. The minimum absolute atomic E-state index is 0.442. The molecule has 0 aliphatic rings. The number of para-hydroxylation sites is 3. The Morgan fingerprint density at radius 2 is 1.50 bits per heavy atom. The van der Waals surface area contributed by atoms with Gasteiger partial charge < -0.3 is 14.0 Å². The Morgan fingerprint density at radius 3 is 2.32 bits per heavy atom. The van der Waals surface area contributed by atoms with Crippen LogP contribution in [0.4, 0.5) is 0 Å². The van der Waals surface area contributed by atoms with Crippen LogP contribution in [0.15, 0.2) is 78.9 Å². The van der Waals surface area contributed by atoms with Gasteiger partial charge in [-0.05, 0) is 49.7 Å². The van der Waals surface area contributed by atoms with Crippen LogP contribution in [0.1, 0.15) is 17.8 Å². The fraction of sp³-hybridized carbons (Fsp3) is 0.208. The Kier molecular flexibility index (Phi) is 5.57. The van der Waals surface area contributed by atoms with Gasteiger partial charge in [0.2, 0.25) is 0 Å². The van der Waals surface area contributed by atoms with Gasteiger partial charge in [-0.1, -0.05) is 48.0 Å². The Bertz CT molecular complexity index is 1020. The number of ether oxygens (including phenoxy) is 2. The topological polar surface area (TPSA) is 36.3 Å². The Labute approximate surface area is 165 Å². The van der Waals surface area contributed by atoms with Gasteiger partial charge in [-0.15, -0.1) is 0 Å². The third-order valence-corrected chi connectivity index (χ3v) is 4.66. The van der Waals surface area contributed by atoms with E-state index in [1.54, 1.807) is 0 Å². The van der Waals surface area contributed by atoms with Crippen LogP contribution < -0.4 is 9.47 Å². The molecule has 0 N–H and O–H groups in total. The zero-order valence-corrected chi connectivity index (χ0v) is 16.0. The second kappa shape index (κ2) is 8.61. The van der Waals surface area contributed by atoms with Crippen LogP contribution in [0, 0.1) is 6.92 Å². The smallest absolute Gasteiger partial charge is 0.147 e. The van der Waals surface area contributed by atoms with Gasteiger partial charge in [0.25, 0.3) is 0 Å². The summed E-state index contributed by atoms with van der Waals surface area (Å²) in [5.74, 6) is 2.69. The molecule has 0 radical (unpaired) electrons. The second-order valence-electron chi connectivity index (χ2n) is 6.79. The molecule has 0 fully saturated rings. The van der Waals surface area contributed by atoms with Crippen molar-refractivity contribution in [2.24, 2.45) is 0 Å². The third kappa shape index (κ3) is 4.34. The van der Waals surface area contributed by atoms with Crippen molar-refractivity contribution in [2.45, 2.75) is 26.5 Å². The summed E-state index contributed by atoms with van der Waals surface area (Å²) in [5, 5.41) is 0. The van der Waals surface area contributed by atoms with Gasteiger partial charge in [-0.25, -0.2) is 4.98 Å². The number of fused-ring (bicyclic) bond motifs is 1. The van der Waals surface area contributed by atoms with Crippen LogP contribution in [-0.2, 0) is 13.2 Å². The molecule has 0 unspecified atom stereocenters. The molecule has 142 valence electrons. The number of aromatic nitrogens is 2. The van der Waals surface area contributed by atoms with E-state index >= 15 is 0 Å². The van der Waals surface area contributed by atoms with Crippen molar-refractivity contribution < 1.29 is 9.47 Å². The molecular formula is C24H24N2O2. The predicted molar refractivity (Wildman–Crippen MR) is 112 cm³/mol. The van der Waals surface area contributed by atoms with E-state index in [9.17, 15) is 0 Å². The van der Waals surface area contributed by atoms with Crippen molar-refractivity contribution in [1.29, 1.82) is 0 Å². The molecule has 0 bridgehead atoms. The Balaban J connectivity index is 1.43. The van der Waals surface area contributed by atoms with Gasteiger partial charge in [-0.2, -0.15) is 0 Å². The lowest BCUT2D eigenvalue weighted by molar-refractivity contribution is 0.280. The van der Waals surface area contributed by atoms with E-state index in [1.165, 1.54) is 5.56 Å². The first-order valence-corrected chi connectivity index (χ1v) is 9.61. The number of hydrogen-bond acceptors (Lipinski definition) is 3. The second-order valence-corrected chi connectivity index (χ2v) is 6.79. The number of nitrogens with zero attached hydrogens (tertiary/aromatic N) is 2. The van der Waals surface area contributed by atoms with Crippen molar-refractivity contribution >= 4 is 11.0 Å². The molecule has 4 aromatic rings. The van der Waals surface area contributed by atoms with Crippen LogP contribution in [-0.4, -0.2) is 16.2 Å². The molecular weight excluding hydrogens is 348 g/mol. The monoisotopic (exact) mass is 372 g/mol. The summed E-state index contributed by atoms with van der Waals surface area (Å²) in [6.45, 7) is 4.01. The molecule has 0 saturated carbocycles. The first-order chi connectivity index (χ1) is 13.8. The maximum absolute atomic E-state index is 5.93. The molecule has 1 heterocycles. The molecule has 0 amide bonds. The minimum atomic E-state index is 0.442. The van der Waals surface area contributed by atoms with Gasteiger partial charge in [0.15, 0.2) is 0 Å². The molecule has 1 aromatic heterocycles. The van der Waals surface area contributed by atoms with Gasteiger partial charge in [0.05, 0.1) is 17.6 Å². The largest absolute Gasteiger partial charge is 0.494 e. The zero-order valence-electron chi connectivity index (χ0n) is 16.0. The number of rotatable bonds is 8. The normalized spacial score (nSPS) is 10.9. The Hall–Kier alpha value is -3.27. The van der Waals surface area contributed by atoms with E-state index in [1.807, 2.05) is 60.7 Å². The third-order valence-electron chi connectivity index (χ3n) is 4.66. The first kappa shape index (κ1) is 18.1. The lowest BCUT2D eigenvalue weighted by Gasteiger charge is -2.11. The van der Waals surface area contributed by atoms with Gasteiger partial charge >= 0.3 is 0 Å². The number of benzene rings is 3. The van der Waals surface area contributed by atoms with Crippen molar-refractivity contribution in [3.63, 3.8) is 0 Å². The fourth-order valence-corrected chi connectivity index (χ4v) is 3.20. The van der Waals surface area contributed by atoms with E-state index in [4.69, 9.17) is 14.5 Å². The summed E-state index contributed by atoms with van der Waals surface area (Å²) < 4.78 is 14.0. The van der Waals surface area contributed by atoms with E-state index in [2.05, 4.69) is 29.7 Å². The number of aryl methyl sites for hydroxylation is 2. The maximum atomic E-state index is 5.93. The lowest BCUT2D eigenvalue weighted by atomic mass is 10.2. The van der Waals surface area contributed by atoms with Crippen molar-refractivity contribution in [1.82, 2.24) is 9.55 Å². The average Bonchev–Trinajstić information content (AvgIpc) is 3.09. The van der Waals surface area contributed by atoms with Crippen LogP contribution in [0.3, 0.4) is 0 Å². The molecule has 0 saturated heterocycles. The van der Waals surface area contributed by atoms with E-state index in [-0.39, 0.29) is 0 Å². The van der Waals surface area contributed by atoms with E-state index < -0.39 is 0 Å². The maximum Gasteiger partial charge on any atom is 0.147 e. The van der Waals surface area contributed by atoms with E-state index in [0.717, 1.165) is 41.3 Å². The van der Waals surface area contributed by atoms with Crippen molar-refractivity contribution in [2.75, 3.05) is 6.61 Å². The van der Waals surface area contributed by atoms with Gasteiger partial charge in [-0.3, -0.25) is 0 Å². The fourth-order valence-electron chi connectivity index (χ4n) is 3.20.